The van der Waals surface area contributed by atoms with Gasteiger partial charge in [0.05, 0.1) is 19.0 Å². The van der Waals surface area contributed by atoms with E-state index in [1.165, 1.54) is 0 Å². The number of hydrogen-bond acceptors (Lipinski definition) is 3. The van der Waals surface area contributed by atoms with Gasteiger partial charge in [-0.3, -0.25) is 0 Å². The zero-order valence-electron chi connectivity index (χ0n) is 11.9. The van der Waals surface area contributed by atoms with Crippen LogP contribution in [0.3, 0.4) is 0 Å². The first kappa shape index (κ1) is 16.3. The molecule has 0 bridgehead atoms. The molecule has 0 radical (unpaired) electrons. The van der Waals surface area contributed by atoms with E-state index in [0.717, 1.165) is 0 Å². The Kier molecular flexibility index (Phi) is 5.30. The number of hydrogen-bond donors (Lipinski definition) is 1. The van der Waals surface area contributed by atoms with E-state index in [-0.39, 0.29) is 5.01 Å². The van der Waals surface area contributed by atoms with E-state index in [1.807, 2.05) is 24.6 Å². The summed E-state index contributed by atoms with van der Waals surface area (Å²) in [7, 11) is 0. The van der Waals surface area contributed by atoms with Crippen LogP contribution in [0.1, 0.15) is 13.8 Å². The Balaban J connectivity index is 2.01. The van der Waals surface area contributed by atoms with Crippen molar-refractivity contribution in [3.8, 4) is 5.75 Å². The van der Waals surface area contributed by atoms with Crippen LogP contribution < -0.4 is 4.74 Å². The molecule has 21 heavy (non-hydrogen) atoms. The molecule has 114 valence electrons. The Morgan fingerprint density at radius 2 is 2.05 bits per heavy atom. The predicted molar refractivity (Wildman–Crippen MR) is 86.8 cm³/mol. The van der Waals surface area contributed by atoms with Gasteiger partial charge in [0.2, 0.25) is 0 Å². The average molecular weight is 374 g/mol. The van der Waals surface area contributed by atoms with Crippen LogP contribution >= 0.6 is 27.5 Å². The molecule has 2 aromatic rings. The van der Waals surface area contributed by atoms with Crippen molar-refractivity contribution in [1.82, 2.24) is 9.55 Å². The lowest BCUT2D eigenvalue weighted by molar-refractivity contribution is -0.00605. The number of aliphatic hydroxyl groups is 1. The molecule has 0 spiro atoms. The lowest BCUT2D eigenvalue weighted by Gasteiger charge is -2.35. The Bertz CT molecular complexity index is 558. The van der Waals surface area contributed by atoms with Gasteiger partial charge in [0.1, 0.15) is 5.75 Å². The Morgan fingerprint density at radius 3 is 2.62 bits per heavy atom. The van der Waals surface area contributed by atoms with E-state index in [9.17, 15) is 5.11 Å². The first-order valence-corrected chi connectivity index (χ1v) is 7.89. The van der Waals surface area contributed by atoms with Crippen molar-refractivity contribution in [2.45, 2.75) is 31.5 Å². The number of rotatable bonds is 6. The molecule has 2 unspecified atom stereocenters. The SMILES string of the molecule is CC(C)(C(O)Cn1ccnc1)C(Br)Oc1ccc(Cl)cc1. The highest BCUT2D eigenvalue weighted by Crippen LogP contribution is 2.34. The molecule has 1 N–H and O–H groups in total. The van der Waals surface area contributed by atoms with Crippen LogP contribution in [0, 0.1) is 5.41 Å². The lowest BCUT2D eigenvalue weighted by atomic mass is 9.87. The predicted octanol–water partition coefficient (Wildman–Crippen LogP) is 3.72. The fourth-order valence-corrected chi connectivity index (χ4v) is 2.41. The molecule has 2 atom stereocenters. The van der Waals surface area contributed by atoms with Crippen LogP contribution in [0.2, 0.25) is 5.02 Å². The minimum Gasteiger partial charge on any atom is -0.479 e. The highest BCUT2D eigenvalue weighted by atomic mass is 79.9. The number of nitrogens with zero attached hydrogens (tertiary/aromatic N) is 2. The second kappa shape index (κ2) is 6.81. The number of aromatic nitrogens is 2. The van der Waals surface area contributed by atoms with E-state index in [4.69, 9.17) is 16.3 Å². The van der Waals surface area contributed by atoms with Gasteiger partial charge in [0.15, 0.2) is 5.01 Å². The van der Waals surface area contributed by atoms with Crippen LogP contribution in [0.25, 0.3) is 0 Å². The number of imidazole rings is 1. The van der Waals surface area contributed by atoms with Crippen LogP contribution in [-0.2, 0) is 6.54 Å². The van der Waals surface area contributed by atoms with Gasteiger partial charge in [0, 0.05) is 22.8 Å². The van der Waals surface area contributed by atoms with Crippen molar-refractivity contribution >= 4 is 27.5 Å². The number of aliphatic hydroxyl groups excluding tert-OH is 1. The van der Waals surface area contributed by atoms with E-state index in [2.05, 4.69) is 20.9 Å². The third-order valence-electron chi connectivity index (χ3n) is 3.44. The van der Waals surface area contributed by atoms with Crippen molar-refractivity contribution in [2.24, 2.45) is 5.41 Å². The maximum atomic E-state index is 10.5. The van der Waals surface area contributed by atoms with E-state index in [1.54, 1.807) is 36.8 Å². The summed E-state index contributed by atoms with van der Waals surface area (Å²) in [6, 6.07) is 7.14. The molecule has 0 aliphatic rings. The van der Waals surface area contributed by atoms with Crippen LogP contribution in [0.5, 0.6) is 5.75 Å². The molecule has 0 aliphatic carbocycles. The van der Waals surface area contributed by atoms with E-state index in [0.29, 0.717) is 17.3 Å². The summed E-state index contributed by atoms with van der Waals surface area (Å²) in [4.78, 5) is 3.97. The maximum absolute atomic E-state index is 10.5. The van der Waals surface area contributed by atoms with Crippen molar-refractivity contribution in [3.05, 3.63) is 48.0 Å². The largest absolute Gasteiger partial charge is 0.479 e. The zero-order valence-corrected chi connectivity index (χ0v) is 14.3. The Labute approximate surface area is 137 Å². The Morgan fingerprint density at radius 1 is 1.38 bits per heavy atom. The molecule has 1 aromatic carbocycles. The van der Waals surface area contributed by atoms with Gasteiger partial charge in [-0.15, -0.1) is 0 Å². The monoisotopic (exact) mass is 372 g/mol. The smallest absolute Gasteiger partial charge is 0.160 e. The highest BCUT2D eigenvalue weighted by Gasteiger charge is 2.37. The molecule has 6 heteroatoms. The fraction of sp³-hybridized carbons (Fsp3) is 0.400. The number of halogens is 2. The number of benzene rings is 1. The summed E-state index contributed by atoms with van der Waals surface area (Å²) in [5.74, 6) is 0.698. The molecule has 0 saturated heterocycles. The molecule has 0 fully saturated rings. The molecule has 0 aliphatic heterocycles. The van der Waals surface area contributed by atoms with Gasteiger partial charge in [-0.05, 0) is 40.2 Å². The van der Waals surface area contributed by atoms with Crippen molar-refractivity contribution in [1.29, 1.82) is 0 Å². The molecule has 0 saturated carbocycles. The summed E-state index contributed by atoms with van der Waals surface area (Å²) in [5.41, 5.74) is -0.496. The summed E-state index contributed by atoms with van der Waals surface area (Å²) in [6.07, 6.45) is 4.60. The lowest BCUT2D eigenvalue weighted by Crippen LogP contribution is -2.42. The van der Waals surface area contributed by atoms with Gasteiger partial charge >= 0.3 is 0 Å². The highest BCUT2D eigenvalue weighted by molar-refractivity contribution is 9.09. The Hall–Kier alpha value is -1.04. The van der Waals surface area contributed by atoms with Crippen molar-refractivity contribution < 1.29 is 9.84 Å². The summed E-state index contributed by atoms with van der Waals surface area (Å²) >= 11 is 9.37. The van der Waals surface area contributed by atoms with Gasteiger partial charge in [-0.25, -0.2) is 4.98 Å². The molecular formula is C15H18BrClN2O2. The topological polar surface area (TPSA) is 47.3 Å². The first-order chi connectivity index (χ1) is 9.89. The minimum atomic E-state index is -0.594. The average Bonchev–Trinajstić information content (AvgIpc) is 2.94. The quantitative estimate of drug-likeness (QED) is 0.785. The summed E-state index contributed by atoms with van der Waals surface area (Å²) in [5, 5.41) is 10.8. The zero-order chi connectivity index (χ0) is 15.5. The van der Waals surface area contributed by atoms with Gasteiger partial charge < -0.3 is 14.4 Å². The minimum absolute atomic E-state index is 0.343. The second-order valence-corrected chi connectivity index (χ2v) is 6.75. The van der Waals surface area contributed by atoms with Gasteiger partial charge in [-0.2, -0.15) is 0 Å². The van der Waals surface area contributed by atoms with Crippen molar-refractivity contribution in [3.63, 3.8) is 0 Å². The van der Waals surface area contributed by atoms with Gasteiger partial charge in [0.25, 0.3) is 0 Å². The molecule has 4 nitrogen and oxygen atoms in total. The van der Waals surface area contributed by atoms with Gasteiger partial charge in [-0.1, -0.05) is 25.4 Å². The third-order valence-corrected chi connectivity index (χ3v) is 5.06. The molecule has 1 aromatic heterocycles. The third kappa shape index (κ3) is 4.22. The summed E-state index contributed by atoms with van der Waals surface area (Å²) in [6.45, 7) is 4.35. The maximum Gasteiger partial charge on any atom is 0.160 e. The standard InChI is InChI=1S/C15H18BrClN2O2/c1-15(2,13(20)9-19-8-7-18-10-19)14(16)21-12-5-3-11(17)4-6-12/h3-8,10,13-14,20H,9H2,1-2H3. The second-order valence-electron chi connectivity index (χ2n) is 5.48. The number of alkyl halides is 1. The molecular weight excluding hydrogens is 356 g/mol. The fourth-order valence-electron chi connectivity index (χ4n) is 1.77. The molecule has 1 heterocycles. The van der Waals surface area contributed by atoms with Crippen LogP contribution in [-0.4, -0.2) is 25.8 Å². The normalized spacial score (nSPS) is 14.7. The first-order valence-electron chi connectivity index (χ1n) is 6.59. The summed E-state index contributed by atoms with van der Waals surface area (Å²) < 4.78 is 7.69. The van der Waals surface area contributed by atoms with E-state index >= 15 is 0 Å². The van der Waals surface area contributed by atoms with Crippen LogP contribution in [0.4, 0.5) is 0 Å². The van der Waals surface area contributed by atoms with Crippen molar-refractivity contribution in [2.75, 3.05) is 0 Å². The number of ether oxygens (including phenoxy) is 1. The van der Waals surface area contributed by atoms with E-state index < -0.39 is 11.5 Å². The van der Waals surface area contributed by atoms with Crippen LogP contribution in [0.15, 0.2) is 43.0 Å². The molecule has 0 amide bonds. The molecule has 2 rings (SSSR count).